The Hall–Kier alpha value is -3.36. The molecular weight excluding hydrogens is 407 g/mol. The Morgan fingerprint density at radius 3 is 2.45 bits per heavy atom. The maximum absolute atomic E-state index is 13.9. The number of anilines is 1. The zero-order chi connectivity index (χ0) is 22.3. The van der Waals surface area contributed by atoms with Gasteiger partial charge in [0.05, 0.1) is 16.5 Å². The lowest BCUT2D eigenvalue weighted by molar-refractivity contribution is -0.160. The molecule has 0 aliphatic heterocycles. The SMILES string of the molecule is Cc1ccc(O)c(C)c1-n1c2nc(C)c(C3(C(F)(F)F)CC3)cc2c2c(N)ncnc21. The summed E-state index contributed by atoms with van der Waals surface area (Å²) in [5.41, 5.74) is 7.74. The monoisotopic (exact) mass is 427 g/mol. The van der Waals surface area contributed by atoms with Crippen LogP contribution in [0.4, 0.5) is 19.0 Å². The predicted octanol–water partition coefficient (Wildman–Crippen LogP) is 4.78. The summed E-state index contributed by atoms with van der Waals surface area (Å²) in [6.45, 7) is 5.25. The number of halogens is 3. The minimum Gasteiger partial charge on any atom is -0.508 e. The Morgan fingerprint density at radius 2 is 1.81 bits per heavy atom. The molecule has 5 rings (SSSR count). The van der Waals surface area contributed by atoms with E-state index in [9.17, 15) is 18.3 Å². The molecule has 6 nitrogen and oxygen atoms in total. The molecule has 0 bridgehead atoms. The first-order valence-electron chi connectivity index (χ1n) is 9.86. The molecule has 4 aromatic rings. The van der Waals surface area contributed by atoms with Gasteiger partial charge in [-0.15, -0.1) is 0 Å². The summed E-state index contributed by atoms with van der Waals surface area (Å²) in [4.78, 5) is 13.1. The fraction of sp³-hybridized carbons (Fsp3) is 0.318. The molecule has 0 amide bonds. The van der Waals surface area contributed by atoms with Crippen molar-refractivity contribution in [2.75, 3.05) is 5.73 Å². The number of alkyl halides is 3. The van der Waals surface area contributed by atoms with Gasteiger partial charge >= 0.3 is 6.18 Å². The van der Waals surface area contributed by atoms with Crippen molar-refractivity contribution in [3.05, 3.63) is 46.9 Å². The van der Waals surface area contributed by atoms with E-state index in [0.717, 1.165) is 5.56 Å². The van der Waals surface area contributed by atoms with Crippen LogP contribution in [0.15, 0.2) is 24.5 Å². The van der Waals surface area contributed by atoms with Gasteiger partial charge in [0.15, 0.2) is 5.65 Å². The van der Waals surface area contributed by atoms with Gasteiger partial charge in [0, 0.05) is 16.6 Å². The van der Waals surface area contributed by atoms with E-state index >= 15 is 0 Å². The maximum atomic E-state index is 13.9. The second kappa shape index (κ2) is 6.09. The van der Waals surface area contributed by atoms with Crippen LogP contribution in [-0.4, -0.2) is 30.8 Å². The van der Waals surface area contributed by atoms with Crippen molar-refractivity contribution in [1.82, 2.24) is 19.5 Å². The van der Waals surface area contributed by atoms with Crippen molar-refractivity contribution in [2.24, 2.45) is 0 Å². The fourth-order valence-corrected chi connectivity index (χ4v) is 4.56. The van der Waals surface area contributed by atoms with E-state index in [4.69, 9.17) is 5.73 Å². The first-order valence-corrected chi connectivity index (χ1v) is 9.86. The van der Waals surface area contributed by atoms with Gasteiger partial charge in [-0.3, -0.25) is 4.57 Å². The van der Waals surface area contributed by atoms with Crippen molar-refractivity contribution < 1.29 is 18.3 Å². The molecule has 1 aliphatic carbocycles. The van der Waals surface area contributed by atoms with E-state index < -0.39 is 11.6 Å². The summed E-state index contributed by atoms with van der Waals surface area (Å²) < 4.78 is 43.3. The molecule has 3 heterocycles. The average Bonchev–Trinajstić information content (AvgIpc) is 3.45. The normalized spacial score (nSPS) is 15.7. The topological polar surface area (TPSA) is 89.8 Å². The summed E-state index contributed by atoms with van der Waals surface area (Å²) in [5.74, 6) is 0.262. The van der Waals surface area contributed by atoms with Crippen LogP contribution in [0, 0.1) is 20.8 Å². The number of phenolic OH excluding ortho intramolecular Hbond substituents is 1. The van der Waals surface area contributed by atoms with Crippen LogP contribution in [0.25, 0.3) is 27.8 Å². The van der Waals surface area contributed by atoms with Crippen molar-refractivity contribution in [3.8, 4) is 11.4 Å². The Balaban J connectivity index is 1.94. The number of aromatic nitrogens is 4. The molecule has 0 radical (unpaired) electrons. The quantitative estimate of drug-likeness (QED) is 0.481. The third-order valence-electron chi connectivity index (χ3n) is 6.38. The molecule has 1 saturated carbocycles. The lowest BCUT2D eigenvalue weighted by atomic mass is 9.93. The number of rotatable bonds is 2. The standard InChI is InChI=1S/C22H20F3N5O/c1-10-4-5-15(31)11(2)17(10)30-19-13(16-18(26)27-9-28-20(16)30)8-14(12(3)29-19)21(6-7-21)22(23,24)25/h4-5,8-9,31H,6-7H2,1-3H3,(H2,26,27,28). The first kappa shape index (κ1) is 19.6. The number of phenols is 1. The van der Waals surface area contributed by atoms with Crippen molar-refractivity contribution in [2.45, 2.75) is 45.2 Å². The summed E-state index contributed by atoms with van der Waals surface area (Å²) in [5, 5.41) is 11.2. The van der Waals surface area contributed by atoms with Crippen LogP contribution < -0.4 is 5.73 Å². The van der Waals surface area contributed by atoms with Crippen LogP contribution in [0.1, 0.15) is 35.2 Å². The fourth-order valence-electron chi connectivity index (χ4n) is 4.56. The molecule has 160 valence electrons. The average molecular weight is 427 g/mol. The Bertz CT molecular complexity index is 1390. The number of nitrogens with two attached hydrogens (primary N) is 1. The highest BCUT2D eigenvalue weighted by Gasteiger charge is 2.65. The van der Waals surface area contributed by atoms with Gasteiger partial charge in [0.1, 0.15) is 23.5 Å². The summed E-state index contributed by atoms with van der Waals surface area (Å²) in [6, 6.07) is 4.91. The molecule has 0 spiro atoms. The molecule has 1 fully saturated rings. The predicted molar refractivity (Wildman–Crippen MR) is 111 cm³/mol. The Kier molecular flexibility index (Phi) is 3.85. The van der Waals surface area contributed by atoms with E-state index in [1.54, 1.807) is 36.6 Å². The molecule has 0 atom stereocenters. The van der Waals surface area contributed by atoms with E-state index in [2.05, 4.69) is 15.0 Å². The summed E-state index contributed by atoms with van der Waals surface area (Å²) in [7, 11) is 0. The zero-order valence-corrected chi connectivity index (χ0v) is 17.2. The number of benzene rings is 1. The molecule has 0 unspecified atom stereocenters. The van der Waals surface area contributed by atoms with Crippen LogP contribution in [0.5, 0.6) is 5.75 Å². The summed E-state index contributed by atoms with van der Waals surface area (Å²) >= 11 is 0. The molecule has 0 saturated heterocycles. The maximum Gasteiger partial charge on any atom is 0.398 e. The largest absolute Gasteiger partial charge is 0.508 e. The molecule has 31 heavy (non-hydrogen) atoms. The van der Waals surface area contributed by atoms with Gasteiger partial charge in [0.2, 0.25) is 0 Å². The molecule has 3 aromatic heterocycles. The van der Waals surface area contributed by atoms with E-state index in [-0.39, 0.29) is 30.0 Å². The minimum absolute atomic E-state index is 0.0416. The Morgan fingerprint density at radius 1 is 1.10 bits per heavy atom. The van der Waals surface area contributed by atoms with E-state index in [0.29, 0.717) is 39.0 Å². The number of pyridine rings is 1. The van der Waals surface area contributed by atoms with Gasteiger partial charge in [-0.1, -0.05) is 6.07 Å². The second-order valence-corrected chi connectivity index (χ2v) is 8.24. The number of nitrogen functional groups attached to an aromatic ring is 1. The van der Waals surface area contributed by atoms with E-state index in [1.807, 2.05) is 6.92 Å². The highest BCUT2D eigenvalue weighted by Crippen LogP contribution is 2.60. The van der Waals surface area contributed by atoms with Gasteiger partial charge < -0.3 is 10.8 Å². The van der Waals surface area contributed by atoms with Crippen LogP contribution >= 0.6 is 0 Å². The lowest BCUT2D eigenvalue weighted by Crippen LogP contribution is -2.29. The van der Waals surface area contributed by atoms with Gasteiger partial charge in [0.25, 0.3) is 0 Å². The molecule has 1 aromatic carbocycles. The molecular formula is C22H20F3N5O. The third-order valence-corrected chi connectivity index (χ3v) is 6.38. The summed E-state index contributed by atoms with van der Waals surface area (Å²) in [6.07, 6.45) is -2.96. The lowest BCUT2D eigenvalue weighted by Gasteiger charge is -2.21. The van der Waals surface area contributed by atoms with Crippen LogP contribution in [0.2, 0.25) is 0 Å². The molecule has 9 heteroatoms. The van der Waals surface area contributed by atoms with Gasteiger partial charge in [-0.05, 0) is 56.9 Å². The smallest absolute Gasteiger partial charge is 0.398 e. The minimum atomic E-state index is -4.36. The zero-order valence-electron chi connectivity index (χ0n) is 17.2. The number of hydrogen-bond donors (Lipinski definition) is 2. The number of fused-ring (bicyclic) bond motifs is 3. The first-order chi connectivity index (χ1) is 14.6. The molecule has 1 aliphatic rings. The van der Waals surface area contributed by atoms with Gasteiger partial charge in [-0.25, -0.2) is 15.0 Å². The molecule has 3 N–H and O–H groups in total. The van der Waals surface area contributed by atoms with Crippen molar-refractivity contribution in [3.63, 3.8) is 0 Å². The van der Waals surface area contributed by atoms with Crippen LogP contribution in [-0.2, 0) is 5.41 Å². The third kappa shape index (κ3) is 2.55. The van der Waals surface area contributed by atoms with Crippen molar-refractivity contribution >= 4 is 27.9 Å². The highest BCUT2D eigenvalue weighted by molar-refractivity contribution is 6.11. The Labute approximate surface area is 175 Å². The van der Waals surface area contributed by atoms with Gasteiger partial charge in [-0.2, -0.15) is 13.2 Å². The number of aromatic hydroxyl groups is 1. The second-order valence-electron chi connectivity index (χ2n) is 8.24. The number of aryl methyl sites for hydroxylation is 2. The van der Waals surface area contributed by atoms with E-state index in [1.165, 1.54) is 6.33 Å². The van der Waals surface area contributed by atoms with Crippen molar-refractivity contribution in [1.29, 1.82) is 0 Å². The number of hydrogen-bond acceptors (Lipinski definition) is 5. The number of nitrogens with zero attached hydrogens (tertiary/aromatic N) is 4. The van der Waals surface area contributed by atoms with Crippen LogP contribution in [0.3, 0.4) is 0 Å². The highest BCUT2D eigenvalue weighted by atomic mass is 19.4.